The number of anilines is 1. The van der Waals surface area contributed by atoms with Gasteiger partial charge in [0.15, 0.2) is 0 Å². The smallest absolute Gasteiger partial charge is 0.236 e. The van der Waals surface area contributed by atoms with E-state index in [0.717, 1.165) is 19.3 Å². The van der Waals surface area contributed by atoms with Crippen molar-refractivity contribution in [3.05, 3.63) is 54.3 Å². The van der Waals surface area contributed by atoms with Crippen LogP contribution in [0.25, 0.3) is 11.5 Å². The maximum Gasteiger partial charge on any atom is 0.236 e. The zero-order chi connectivity index (χ0) is 21.1. The number of rotatable bonds is 6. The van der Waals surface area contributed by atoms with Gasteiger partial charge in [0.2, 0.25) is 26.6 Å². The molecule has 8 heteroatoms. The molecule has 0 spiro atoms. The molecule has 0 atom stereocenters. The summed E-state index contributed by atoms with van der Waals surface area (Å²) in [6.45, 7) is 3.76. The standard InChI is InChI=1S/C22H23FN2O4S/c1-2-28-18-10-12-19(13-11-18)30(26,27)21-22(25-14-4-3-5-15-25)29-20(24-21)16-6-8-17(23)9-7-16/h6-13H,2-5,14-15H2,1H3. The quantitative estimate of drug-likeness (QED) is 0.564. The maximum atomic E-state index is 13.4. The average molecular weight is 431 g/mol. The summed E-state index contributed by atoms with van der Waals surface area (Å²) in [6.07, 6.45) is 3.00. The minimum atomic E-state index is -3.92. The molecule has 4 rings (SSSR count). The second kappa shape index (κ2) is 8.47. The minimum Gasteiger partial charge on any atom is -0.494 e. The SMILES string of the molecule is CCOc1ccc(S(=O)(=O)c2nc(-c3ccc(F)cc3)oc2N2CCCCC2)cc1. The van der Waals surface area contributed by atoms with Gasteiger partial charge in [-0.05, 0) is 74.7 Å². The number of hydrogen-bond donors (Lipinski definition) is 0. The van der Waals surface area contributed by atoms with E-state index in [1.165, 1.54) is 36.4 Å². The first-order valence-corrected chi connectivity index (χ1v) is 11.5. The Hall–Kier alpha value is -2.87. The van der Waals surface area contributed by atoms with Crippen molar-refractivity contribution in [2.45, 2.75) is 36.1 Å². The second-order valence-electron chi connectivity index (χ2n) is 7.09. The van der Waals surface area contributed by atoms with Gasteiger partial charge in [-0.15, -0.1) is 0 Å². The highest BCUT2D eigenvalue weighted by Gasteiger charge is 2.32. The molecule has 1 aliphatic rings. The van der Waals surface area contributed by atoms with E-state index in [1.807, 2.05) is 11.8 Å². The van der Waals surface area contributed by atoms with Gasteiger partial charge in [0.25, 0.3) is 0 Å². The molecule has 1 saturated heterocycles. The third kappa shape index (κ3) is 4.05. The summed E-state index contributed by atoms with van der Waals surface area (Å²) in [6, 6.07) is 11.9. The summed E-state index contributed by atoms with van der Waals surface area (Å²) in [5.41, 5.74) is 0.516. The molecule has 30 heavy (non-hydrogen) atoms. The zero-order valence-electron chi connectivity index (χ0n) is 16.7. The van der Waals surface area contributed by atoms with E-state index >= 15 is 0 Å². The lowest BCUT2D eigenvalue weighted by molar-refractivity contribution is 0.340. The molecule has 0 amide bonds. The fourth-order valence-electron chi connectivity index (χ4n) is 3.48. The van der Waals surface area contributed by atoms with Crippen molar-refractivity contribution in [1.82, 2.24) is 4.98 Å². The highest BCUT2D eigenvalue weighted by atomic mass is 32.2. The summed E-state index contributed by atoms with van der Waals surface area (Å²) in [7, 11) is -3.92. The molecular formula is C22H23FN2O4S. The molecule has 0 unspecified atom stereocenters. The monoisotopic (exact) mass is 430 g/mol. The zero-order valence-corrected chi connectivity index (χ0v) is 17.5. The van der Waals surface area contributed by atoms with Crippen molar-refractivity contribution < 1.29 is 22.0 Å². The van der Waals surface area contributed by atoms with E-state index in [9.17, 15) is 12.8 Å². The number of ether oxygens (including phenoxy) is 1. The Kier molecular flexibility index (Phi) is 5.76. The van der Waals surface area contributed by atoms with Gasteiger partial charge >= 0.3 is 0 Å². The van der Waals surface area contributed by atoms with E-state index in [-0.39, 0.29) is 27.5 Å². The molecule has 158 valence electrons. The first-order valence-electron chi connectivity index (χ1n) is 9.98. The fraction of sp³-hybridized carbons (Fsp3) is 0.318. The third-order valence-corrected chi connectivity index (χ3v) is 6.68. The van der Waals surface area contributed by atoms with Gasteiger partial charge in [-0.25, -0.2) is 12.8 Å². The maximum absolute atomic E-state index is 13.4. The number of halogens is 1. The van der Waals surface area contributed by atoms with Crippen LogP contribution >= 0.6 is 0 Å². The van der Waals surface area contributed by atoms with E-state index in [2.05, 4.69) is 4.98 Å². The van der Waals surface area contributed by atoms with Gasteiger partial charge in [0, 0.05) is 18.7 Å². The summed E-state index contributed by atoms with van der Waals surface area (Å²) >= 11 is 0. The molecule has 6 nitrogen and oxygen atoms in total. The summed E-state index contributed by atoms with van der Waals surface area (Å²) in [5.74, 6) is 0.603. The van der Waals surface area contributed by atoms with Crippen molar-refractivity contribution in [2.24, 2.45) is 0 Å². The predicted octanol–water partition coefficient (Wildman–Crippen LogP) is 4.70. The highest BCUT2D eigenvalue weighted by molar-refractivity contribution is 7.91. The van der Waals surface area contributed by atoms with Crippen LogP contribution in [0.2, 0.25) is 0 Å². The Bertz CT molecular complexity index is 1100. The van der Waals surface area contributed by atoms with Crippen molar-refractivity contribution in [3.63, 3.8) is 0 Å². The molecule has 1 aromatic heterocycles. The molecule has 0 saturated carbocycles. The van der Waals surface area contributed by atoms with Gasteiger partial charge in [-0.2, -0.15) is 4.98 Å². The Balaban J connectivity index is 1.78. The normalized spacial score (nSPS) is 14.7. The van der Waals surface area contributed by atoms with Crippen LogP contribution in [-0.2, 0) is 9.84 Å². The van der Waals surface area contributed by atoms with Crippen LogP contribution in [0.3, 0.4) is 0 Å². The Morgan fingerprint density at radius 2 is 1.70 bits per heavy atom. The average Bonchev–Trinajstić information content (AvgIpc) is 3.22. The molecule has 3 aromatic rings. The van der Waals surface area contributed by atoms with E-state index in [4.69, 9.17) is 9.15 Å². The van der Waals surface area contributed by atoms with Crippen molar-refractivity contribution in [3.8, 4) is 17.2 Å². The molecule has 0 aliphatic carbocycles. The van der Waals surface area contributed by atoms with Crippen LogP contribution in [-0.4, -0.2) is 33.1 Å². The number of benzene rings is 2. The Morgan fingerprint density at radius 1 is 1.03 bits per heavy atom. The van der Waals surface area contributed by atoms with Crippen molar-refractivity contribution in [1.29, 1.82) is 0 Å². The first-order chi connectivity index (χ1) is 14.5. The van der Waals surface area contributed by atoms with Crippen LogP contribution in [0.15, 0.2) is 62.9 Å². The second-order valence-corrected chi connectivity index (χ2v) is 8.96. The van der Waals surface area contributed by atoms with E-state index < -0.39 is 9.84 Å². The summed E-state index contributed by atoms with van der Waals surface area (Å²) in [5, 5.41) is -0.118. The number of piperidine rings is 1. The van der Waals surface area contributed by atoms with E-state index in [1.54, 1.807) is 12.1 Å². The number of nitrogens with zero attached hydrogens (tertiary/aromatic N) is 2. The van der Waals surface area contributed by atoms with Crippen molar-refractivity contribution in [2.75, 3.05) is 24.6 Å². The fourth-order valence-corrected chi connectivity index (χ4v) is 4.80. The van der Waals surface area contributed by atoms with Gasteiger partial charge in [-0.1, -0.05) is 0 Å². The van der Waals surface area contributed by atoms with Gasteiger partial charge in [0.05, 0.1) is 11.5 Å². The topological polar surface area (TPSA) is 72.6 Å². The molecule has 2 heterocycles. The van der Waals surface area contributed by atoms with Gasteiger partial charge in [-0.3, -0.25) is 0 Å². The molecule has 1 aliphatic heterocycles. The third-order valence-electron chi connectivity index (χ3n) is 5.01. The van der Waals surface area contributed by atoms with Crippen LogP contribution < -0.4 is 9.64 Å². The lowest BCUT2D eigenvalue weighted by atomic mass is 10.1. The Morgan fingerprint density at radius 3 is 2.33 bits per heavy atom. The highest BCUT2D eigenvalue weighted by Crippen LogP contribution is 2.36. The predicted molar refractivity (Wildman–Crippen MR) is 111 cm³/mol. The Labute approximate surface area is 175 Å². The first kappa shape index (κ1) is 20.4. The number of hydrogen-bond acceptors (Lipinski definition) is 6. The lowest BCUT2D eigenvalue weighted by Gasteiger charge is -2.26. The van der Waals surface area contributed by atoms with Crippen LogP contribution in [0, 0.1) is 5.82 Å². The molecule has 2 aromatic carbocycles. The molecular weight excluding hydrogens is 407 g/mol. The van der Waals surface area contributed by atoms with Crippen molar-refractivity contribution >= 4 is 15.7 Å². The number of aromatic nitrogens is 1. The summed E-state index contributed by atoms with van der Waals surface area (Å²) in [4.78, 5) is 6.38. The van der Waals surface area contributed by atoms with Crippen LogP contribution in [0.5, 0.6) is 5.75 Å². The van der Waals surface area contributed by atoms with E-state index in [0.29, 0.717) is 31.0 Å². The number of sulfone groups is 1. The summed E-state index contributed by atoms with van der Waals surface area (Å²) < 4.78 is 51.5. The lowest BCUT2D eigenvalue weighted by Crippen LogP contribution is -2.30. The van der Waals surface area contributed by atoms with Crippen LogP contribution in [0.4, 0.5) is 10.3 Å². The minimum absolute atomic E-state index is 0.114. The van der Waals surface area contributed by atoms with Gasteiger partial charge in [0.1, 0.15) is 11.6 Å². The molecule has 0 N–H and O–H groups in total. The molecule has 1 fully saturated rings. The number of oxazole rings is 1. The van der Waals surface area contributed by atoms with Gasteiger partial charge < -0.3 is 14.1 Å². The molecule has 0 radical (unpaired) electrons. The van der Waals surface area contributed by atoms with Crippen LogP contribution in [0.1, 0.15) is 26.2 Å². The molecule has 0 bridgehead atoms. The largest absolute Gasteiger partial charge is 0.494 e.